The van der Waals surface area contributed by atoms with Gasteiger partial charge in [0.25, 0.3) is 0 Å². The lowest BCUT2D eigenvalue weighted by Crippen LogP contribution is -2.24. The highest BCUT2D eigenvalue weighted by atomic mass is 35.5. The molecule has 0 bridgehead atoms. The van der Waals surface area contributed by atoms with Gasteiger partial charge in [0.2, 0.25) is 0 Å². The summed E-state index contributed by atoms with van der Waals surface area (Å²) in [6.07, 6.45) is 7.26. The Labute approximate surface area is 181 Å². The highest BCUT2D eigenvalue weighted by molar-refractivity contribution is 6.30. The minimum atomic E-state index is -0.738. The number of hydrogen-bond donors (Lipinski definition) is 1. The van der Waals surface area contributed by atoms with Crippen molar-refractivity contribution in [2.45, 2.75) is 58.6 Å². The van der Waals surface area contributed by atoms with Crippen molar-refractivity contribution in [3.05, 3.63) is 41.1 Å². The maximum Gasteiger partial charge on any atom is 0.143 e. The first-order valence-electron chi connectivity index (χ1n) is 10.5. The Bertz CT molecular complexity index is 1110. The van der Waals surface area contributed by atoms with Gasteiger partial charge in [-0.1, -0.05) is 31.4 Å². The van der Waals surface area contributed by atoms with Crippen LogP contribution < -0.4 is 0 Å². The number of nitrogens with zero attached hydrogens (tertiary/aromatic N) is 5. The SMILES string of the molecule is CC1CCC(C(C)n2c(C(C)O)nc3cc(C#N)nc(-c4cncc(Cl)c4)c32)CC1. The third-order valence-electron chi connectivity index (χ3n) is 6.31. The number of hydrogen-bond acceptors (Lipinski definition) is 5. The Morgan fingerprint density at radius 2 is 1.90 bits per heavy atom. The predicted octanol–water partition coefficient (Wildman–Crippen LogP) is 5.46. The van der Waals surface area contributed by atoms with E-state index in [1.165, 1.54) is 12.8 Å². The van der Waals surface area contributed by atoms with Crippen LogP contribution in [0.1, 0.15) is 70.1 Å². The number of rotatable bonds is 4. The number of pyridine rings is 2. The molecule has 156 valence electrons. The first kappa shape index (κ1) is 20.8. The number of nitriles is 1. The van der Waals surface area contributed by atoms with E-state index in [-0.39, 0.29) is 11.7 Å². The third-order valence-corrected chi connectivity index (χ3v) is 6.52. The first-order valence-corrected chi connectivity index (χ1v) is 10.9. The molecule has 0 aliphatic heterocycles. The minimum Gasteiger partial charge on any atom is -0.385 e. The van der Waals surface area contributed by atoms with E-state index in [0.717, 1.165) is 29.8 Å². The summed E-state index contributed by atoms with van der Waals surface area (Å²) < 4.78 is 2.13. The van der Waals surface area contributed by atoms with Gasteiger partial charge in [0.05, 0.1) is 21.7 Å². The summed E-state index contributed by atoms with van der Waals surface area (Å²) in [5.74, 6) is 1.86. The number of fused-ring (bicyclic) bond motifs is 1. The molecule has 0 radical (unpaired) electrons. The molecule has 4 rings (SSSR count). The lowest BCUT2D eigenvalue weighted by atomic mass is 9.79. The molecule has 3 heterocycles. The molecule has 2 unspecified atom stereocenters. The lowest BCUT2D eigenvalue weighted by Gasteiger charge is -2.33. The van der Waals surface area contributed by atoms with Gasteiger partial charge in [-0.25, -0.2) is 9.97 Å². The summed E-state index contributed by atoms with van der Waals surface area (Å²) in [6.45, 7) is 6.24. The normalized spacial score (nSPS) is 21.3. The molecule has 0 saturated heterocycles. The second-order valence-electron chi connectivity index (χ2n) is 8.50. The van der Waals surface area contributed by atoms with Crippen LogP contribution >= 0.6 is 11.6 Å². The summed E-state index contributed by atoms with van der Waals surface area (Å²) in [5, 5.41) is 20.5. The van der Waals surface area contributed by atoms with Crippen LogP contribution in [0.2, 0.25) is 5.02 Å². The fraction of sp³-hybridized carbons (Fsp3) is 0.478. The topological polar surface area (TPSA) is 87.6 Å². The average Bonchev–Trinajstić information content (AvgIpc) is 3.13. The highest BCUT2D eigenvalue weighted by Crippen LogP contribution is 2.40. The van der Waals surface area contributed by atoms with Gasteiger partial charge in [-0.05, 0) is 44.6 Å². The zero-order chi connectivity index (χ0) is 21.4. The van der Waals surface area contributed by atoms with Crippen LogP contribution in [0.3, 0.4) is 0 Å². The van der Waals surface area contributed by atoms with Crippen LogP contribution in [-0.2, 0) is 0 Å². The molecular formula is C23H26ClN5O. The van der Waals surface area contributed by atoms with Crippen molar-refractivity contribution < 1.29 is 5.11 Å². The maximum absolute atomic E-state index is 10.5. The molecule has 0 aromatic carbocycles. The Balaban J connectivity index is 1.96. The lowest BCUT2D eigenvalue weighted by molar-refractivity contribution is 0.169. The summed E-state index contributed by atoms with van der Waals surface area (Å²) >= 11 is 6.20. The monoisotopic (exact) mass is 423 g/mol. The van der Waals surface area contributed by atoms with E-state index < -0.39 is 6.10 Å². The molecule has 1 aliphatic carbocycles. The van der Waals surface area contributed by atoms with E-state index in [1.807, 2.05) is 0 Å². The Hall–Kier alpha value is -2.49. The Morgan fingerprint density at radius 1 is 1.17 bits per heavy atom. The smallest absolute Gasteiger partial charge is 0.143 e. The second-order valence-corrected chi connectivity index (χ2v) is 8.94. The molecule has 1 saturated carbocycles. The predicted molar refractivity (Wildman–Crippen MR) is 117 cm³/mol. The zero-order valence-electron chi connectivity index (χ0n) is 17.5. The first-order chi connectivity index (χ1) is 14.4. The van der Waals surface area contributed by atoms with Crippen molar-refractivity contribution in [3.63, 3.8) is 0 Å². The van der Waals surface area contributed by atoms with Gasteiger partial charge in [0, 0.05) is 30.1 Å². The second kappa shape index (κ2) is 8.33. The number of imidazole rings is 1. The molecule has 30 heavy (non-hydrogen) atoms. The number of aliphatic hydroxyl groups excluding tert-OH is 1. The number of aromatic nitrogens is 4. The van der Waals surface area contributed by atoms with Crippen molar-refractivity contribution in [1.82, 2.24) is 19.5 Å². The van der Waals surface area contributed by atoms with Gasteiger partial charge >= 0.3 is 0 Å². The molecule has 3 aromatic rings. The molecule has 6 nitrogen and oxygen atoms in total. The van der Waals surface area contributed by atoms with Crippen molar-refractivity contribution >= 4 is 22.6 Å². The Kier molecular flexibility index (Phi) is 5.77. The summed E-state index contributed by atoms with van der Waals surface area (Å²) in [5.41, 5.74) is 3.10. The summed E-state index contributed by atoms with van der Waals surface area (Å²) in [6, 6.07) is 5.75. The number of aliphatic hydroxyl groups is 1. The molecule has 1 fully saturated rings. The van der Waals surface area contributed by atoms with Crippen LogP contribution in [0.15, 0.2) is 24.5 Å². The van der Waals surface area contributed by atoms with E-state index in [0.29, 0.717) is 28.0 Å². The van der Waals surface area contributed by atoms with E-state index >= 15 is 0 Å². The van der Waals surface area contributed by atoms with Gasteiger partial charge in [0.1, 0.15) is 23.7 Å². The zero-order valence-corrected chi connectivity index (χ0v) is 18.3. The van der Waals surface area contributed by atoms with Crippen LogP contribution in [0.4, 0.5) is 0 Å². The Morgan fingerprint density at radius 3 is 2.53 bits per heavy atom. The summed E-state index contributed by atoms with van der Waals surface area (Å²) in [4.78, 5) is 13.5. The number of halogens is 1. The van der Waals surface area contributed by atoms with Gasteiger partial charge in [0.15, 0.2) is 0 Å². The van der Waals surface area contributed by atoms with E-state index in [4.69, 9.17) is 16.6 Å². The maximum atomic E-state index is 10.5. The van der Waals surface area contributed by atoms with Crippen molar-refractivity contribution in [2.75, 3.05) is 0 Å². The molecule has 3 aromatic heterocycles. The molecule has 1 N–H and O–H groups in total. The van der Waals surface area contributed by atoms with E-state index in [1.54, 1.807) is 31.5 Å². The third kappa shape index (κ3) is 3.80. The van der Waals surface area contributed by atoms with Crippen LogP contribution in [0.5, 0.6) is 0 Å². The van der Waals surface area contributed by atoms with Crippen molar-refractivity contribution in [2.24, 2.45) is 11.8 Å². The fourth-order valence-electron chi connectivity index (χ4n) is 4.63. The minimum absolute atomic E-state index is 0.146. The quantitative estimate of drug-likeness (QED) is 0.602. The van der Waals surface area contributed by atoms with Crippen LogP contribution in [0, 0.1) is 23.2 Å². The van der Waals surface area contributed by atoms with Crippen molar-refractivity contribution in [3.8, 4) is 17.3 Å². The van der Waals surface area contributed by atoms with Crippen LogP contribution in [-0.4, -0.2) is 24.6 Å². The van der Waals surface area contributed by atoms with Gasteiger partial charge in [-0.2, -0.15) is 5.26 Å². The standard InChI is InChI=1S/C23H26ClN5O/c1-13-4-6-16(7-5-13)14(2)29-22-20(28-23(29)15(3)30)9-19(10-25)27-21(22)17-8-18(24)12-26-11-17/h8-9,11-16,30H,4-7H2,1-3H3. The average molecular weight is 424 g/mol. The van der Waals surface area contributed by atoms with Gasteiger partial charge < -0.3 is 9.67 Å². The fourth-order valence-corrected chi connectivity index (χ4v) is 4.80. The molecule has 0 spiro atoms. The van der Waals surface area contributed by atoms with Crippen molar-refractivity contribution in [1.29, 1.82) is 5.26 Å². The van der Waals surface area contributed by atoms with E-state index in [9.17, 15) is 10.4 Å². The van der Waals surface area contributed by atoms with Gasteiger partial charge in [-0.3, -0.25) is 4.98 Å². The molecular weight excluding hydrogens is 398 g/mol. The molecule has 0 amide bonds. The molecule has 7 heteroatoms. The van der Waals surface area contributed by atoms with Gasteiger partial charge in [-0.15, -0.1) is 0 Å². The van der Waals surface area contributed by atoms with Crippen LogP contribution in [0.25, 0.3) is 22.3 Å². The summed E-state index contributed by atoms with van der Waals surface area (Å²) in [7, 11) is 0. The molecule has 2 atom stereocenters. The highest BCUT2D eigenvalue weighted by Gasteiger charge is 2.30. The largest absolute Gasteiger partial charge is 0.385 e. The van der Waals surface area contributed by atoms with E-state index in [2.05, 4.69) is 34.5 Å². The molecule has 1 aliphatic rings.